The summed E-state index contributed by atoms with van der Waals surface area (Å²) in [6.45, 7) is 16.9. The first-order valence-electron chi connectivity index (χ1n) is 10.2. The number of aromatic nitrogens is 1. The molecule has 2 heterocycles. The van der Waals surface area contributed by atoms with Crippen LogP contribution in [-0.2, 0) is 6.42 Å². The number of nitrogens with zero attached hydrogens (tertiary/aromatic N) is 3. The number of hydrogen-bond acceptors (Lipinski definition) is 3. The molecule has 1 fully saturated rings. The van der Waals surface area contributed by atoms with Crippen molar-refractivity contribution in [1.82, 2.24) is 9.88 Å². The summed E-state index contributed by atoms with van der Waals surface area (Å²) >= 11 is 5.98. The third-order valence-electron chi connectivity index (χ3n) is 4.88. The highest BCUT2D eigenvalue weighted by Crippen LogP contribution is 2.25. The van der Waals surface area contributed by atoms with Crippen LogP contribution in [0, 0.1) is 6.92 Å². The molecule has 1 aliphatic heterocycles. The zero-order valence-electron chi connectivity index (χ0n) is 18.4. The molecule has 0 N–H and O–H groups in total. The molecule has 1 atom stereocenters. The molecule has 29 heavy (non-hydrogen) atoms. The highest BCUT2D eigenvalue weighted by Gasteiger charge is 2.21. The Balaban J connectivity index is 0.000000272. The molecule has 0 saturated carbocycles. The zero-order chi connectivity index (χ0) is 21.6. The second-order valence-corrected chi connectivity index (χ2v) is 7.69. The minimum Gasteiger partial charge on any atom is -0.368 e. The molecule has 4 heteroatoms. The topological polar surface area (TPSA) is 19.4 Å². The van der Waals surface area contributed by atoms with Crippen molar-refractivity contribution in [1.29, 1.82) is 0 Å². The Morgan fingerprint density at radius 1 is 1.14 bits per heavy atom. The largest absolute Gasteiger partial charge is 0.368 e. The van der Waals surface area contributed by atoms with Crippen molar-refractivity contribution in [2.75, 3.05) is 31.6 Å². The average molecular weight is 414 g/mol. The number of rotatable bonds is 4. The van der Waals surface area contributed by atoms with Crippen LogP contribution in [-0.4, -0.2) is 42.6 Å². The molecule has 0 radical (unpaired) electrons. The standard InChI is InChI=1S/C13H19ClN2.C8H9N.C4H8/c1-10-8-12(14)4-5-13(10)16-7-6-15(3)11(2)9-16;1-2-3-8-4-6-9-7-5-8;1-3-4-2/h4-5,8,11H,6-7,9H2,1-3H3;2,4-7H,1,3H2;3H,1,4H2,2H3. The molecule has 1 saturated heterocycles. The van der Waals surface area contributed by atoms with Crippen molar-refractivity contribution < 1.29 is 0 Å². The van der Waals surface area contributed by atoms with Crippen LogP contribution in [0.4, 0.5) is 5.69 Å². The molecule has 0 amide bonds. The van der Waals surface area contributed by atoms with Gasteiger partial charge in [0.05, 0.1) is 0 Å². The Morgan fingerprint density at radius 2 is 1.79 bits per heavy atom. The minimum absolute atomic E-state index is 0.615. The van der Waals surface area contributed by atoms with Crippen molar-refractivity contribution in [3.8, 4) is 0 Å². The quantitative estimate of drug-likeness (QED) is 0.557. The van der Waals surface area contributed by atoms with E-state index in [2.05, 4.69) is 61.8 Å². The number of allylic oxidation sites excluding steroid dienone is 2. The fourth-order valence-corrected chi connectivity index (χ4v) is 3.15. The number of halogens is 1. The molecule has 0 aliphatic carbocycles. The second kappa shape index (κ2) is 14.0. The maximum absolute atomic E-state index is 5.98. The molecular weight excluding hydrogens is 378 g/mol. The highest BCUT2D eigenvalue weighted by molar-refractivity contribution is 6.30. The van der Waals surface area contributed by atoms with Crippen LogP contribution in [0.15, 0.2) is 68.0 Å². The van der Waals surface area contributed by atoms with Crippen molar-refractivity contribution in [2.45, 2.75) is 39.7 Å². The summed E-state index contributed by atoms with van der Waals surface area (Å²) in [6, 6.07) is 10.7. The Morgan fingerprint density at radius 3 is 2.31 bits per heavy atom. The number of aryl methyl sites for hydroxylation is 1. The lowest BCUT2D eigenvalue weighted by Crippen LogP contribution is -2.50. The van der Waals surface area contributed by atoms with E-state index in [0.717, 1.165) is 37.5 Å². The van der Waals surface area contributed by atoms with E-state index >= 15 is 0 Å². The van der Waals surface area contributed by atoms with Crippen LogP contribution < -0.4 is 4.90 Å². The molecule has 1 aliphatic rings. The number of anilines is 1. The minimum atomic E-state index is 0.615. The first kappa shape index (κ1) is 24.9. The van der Waals surface area contributed by atoms with Crippen molar-refractivity contribution >= 4 is 17.3 Å². The summed E-state index contributed by atoms with van der Waals surface area (Å²) in [6.07, 6.45) is 9.36. The number of pyridine rings is 1. The van der Waals surface area contributed by atoms with Crippen molar-refractivity contribution in [2.24, 2.45) is 0 Å². The van der Waals surface area contributed by atoms with Gasteiger partial charge in [0.25, 0.3) is 0 Å². The van der Waals surface area contributed by atoms with E-state index in [1.54, 1.807) is 12.4 Å². The zero-order valence-corrected chi connectivity index (χ0v) is 19.2. The van der Waals surface area contributed by atoms with Gasteiger partial charge < -0.3 is 9.80 Å². The first-order valence-corrected chi connectivity index (χ1v) is 10.6. The first-order chi connectivity index (χ1) is 13.9. The van der Waals surface area contributed by atoms with Gasteiger partial charge in [0, 0.05) is 48.8 Å². The van der Waals surface area contributed by atoms with E-state index in [9.17, 15) is 0 Å². The summed E-state index contributed by atoms with van der Waals surface area (Å²) in [5.74, 6) is 0. The lowest BCUT2D eigenvalue weighted by Gasteiger charge is -2.39. The SMILES string of the molecule is C=CCC.C=CCc1ccncc1.Cc1cc(Cl)ccc1N1CCN(C)C(C)C1. The third-order valence-corrected chi connectivity index (χ3v) is 5.11. The van der Waals surface area contributed by atoms with Gasteiger partial charge in [-0.15, -0.1) is 13.2 Å². The Labute approximate surface area is 182 Å². The summed E-state index contributed by atoms with van der Waals surface area (Å²) in [7, 11) is 2.19. The van der Waals surface area contributed by atoms with Gasteiger partial charge in [-0.1, -0.05) is 30.7 Å². The molecule has 0 bridgehead atoms. The van der Waals surface area contributed by atoms with Crippen molar-refractivity contribution in [3.05, 3.63) is 84.2 Å². The van der Waals surface area contributed by atoms with Gasteiger partial charge >= 0.3 is 0 Å². The summed E-state index contributed by atoms with van der Waals surface area (Å²) in [4.78, 5) is 8.75. The molecule has 0 spiro atoms. The van der Waals surface area contributed by atoms with Gasteiger partial charge in [-0.3, -0.25) is 4.98 Å². The molecule has 3 rings (SSSR count). The van der Waals surface area contributed by atoms with Gasteiger partial charge in [-0.25, -0.2) is 0 Å². The predicted molar refractivity (Wildman–Crippen MR) is 129 cm³/mol. The maximum atomic E-state index is 5.98. The summed E-state index contributed by atoms with van der Waals surface area (Å²) in [5.41, 5.74) is 3.86. The van der Waals surface area contributed by atoms with Crippen LogP contribution in [0.2, 0.25) is 5.02 Å². The average Bonchev–Trinajstić information content (AvgIpc) is 2.72. The van der Waals surface area contributed by atoms with Crippen molar-refractivity contribution in [3.63, 3.8) is 0 Å². The fourth-order valence-electron chi connectivity index (χ4n) is 2.93. The van der Waals surface area contributed by atoms with E-state index < -0.39 is 0 Å². The molecule has 3 nitrogen and oxygen atoms in total. The molecule has 1 unspecified atom stereocenters. The number of benzene rings is 1. The van der Waals surface area contributed by atoms with Gasteiger partial charge in [0.1, 0.15) is 0 Å². The molecule has 158 valence electrons. The lowest BCUT2D eigenvalue weighted by molar-refractivity contribution is 0.234. The van der Waals surface area contributed by atoms with Gasteiger partial charge in [-0.2, -0.15) is 0 Å². The Kier molecular flexibility index (Phi) is 12.0. The molecule has 1 aromatic heterocycles. The maximum Gasteiger partial charge on any atom is 0.0410 e. The monoisotopic (exact) mass is 413 g/mol. The third kappa shape index (κ3) is 9.29. The van der Waals surface area contributed by atoms with Crippen LogP contribution in [0.5, 0.6) is 0 Å². The van der Waals surface area contributed by atoms with E-state index in [1.165, 1.54) is 16.8 Å². The van der Waals surface area contributed by atoms with E-state index in [4.69, 9.17) is 11.6 Å². The van der Waals surface area contributed by atoms with Gasteiger partial charge in [0.15, 0.2) is 0 Å². The molecule has 1 aromatic carbocycles. The fraction of sp³-hybridized carbons (Fsp3) is 0.400. The normalized spacial score (nSPS) is 16.0. The van der Waals surface area contributed by atoms with Crippen LogP contribution in [0.3, 0.4) is 0 Å². The summed E-state index contributed by atoms with van der Waals surface area (Å²) < 4.78 is 0. The van der Waals surface area contributed by atoms with E-state index in [-0.39, 0.29) is 0 Å². The number of likely N-dealkylation sites (N-methyl/N-ethyl adjacent to an activating group) is 1. The number of hydrogen-bond donors (Lipinski definition) is 0. The highest BCUT2D eigenvalue weighted by atomic mass is 35.5. The van der Waals surface area contributed by atoms with E-state index in [1.807, 2.05) is 36.4 Å². The van der Waals surface area contributed by atoms with Gasteiger partial charge in [-0.05, 0) is 75.2 Å². The van der Waals surface area contributed by atoms with E-state index in [0.29, 0.717) is 6.04 Å². The summed E-state index contributed by atoms with van der Waals surface area (Å²) in [5, 5.41) is 0.823. The van der Waals surface area contributed by atoms with Crippen LogP contribution in [0.25, 0.3) is 0 Å². The molecular formula is C25H36ClN3. The molecule has 2 aromatic rings. The van der Waals surface area contributed by atoms with Crippen LogP contribution >= 0.6 is 11.6 Å². The lowest BCUT2D eigenvalue weighted by atomic mass is 10.1. The smallest absolute Gasteiger partial charge is 0.0410 e. The number of piperazine rings is 1. The van der Waals surface area contributed by atoms with Crippen LogP contribution in [0.1, 0.15) is 31.4 Å². The van der Waals surface area contributed by atoms with Gasteiger partial charge in [0.2, 0.25) is 0 Å². The Bertz CT molecular complexity index is 730. The predicted octanol–water partition coefficient (Wildman–Crippen LogP) is 6.18. The Hall–Kier alpha value is -2.10. The second-order valence-electron chi connectivity index (χ2n) is 7.25.